The van der Waals surface area contributed by atoms with Crippen LogP contribution in [0.4, 0.5) is 5.69 Å². The van der Waals surface area contributed by atoms with Gasteiger partial charge in [0.25, 0.3) is 5.91 Å². The molecule has 1 aliphatic rings. The molecule has 0 unspecified atom stereocenters. The lowest BCUT2D eigenvalue weighted by molar-refractivity contribution is -0.121. The van der Waals surface area contributed by atoms with Crippen LogP contribution in [0.25, 0.3) is 0 Å². The van der Waals surface area contributed by atoms with Crippen LogP contribution in [0, 0.1) is 0 Å². The number of hydrogen-bond acceptors (Lipinski definition) is 4. The van der Waals surface area contributed by atoms with Crippen molar-refractivity contribution in [1.29, 1.82) is 0 Å². The minimum atomic E-state index is -0.700. The molecule has 94 valence electrons. The Morgan fingerprint density at radius 3 is 2.83 bits per heavy atom. The number of nitrogens with one attached hydrogen (secondary N) is 1. The molecule has 0 aliphatic carbocycles. The van der Waals surface area contributed by atoms with Gasteiger partial charge in [0.2, 0.25) is 5.91 Å². The number of anilines is 1. The molecule has 2 rings (SSSR count). The fourth-order valence-corrected chi connectivity index (χ4v) is 1.73. The summed E-state index contributed by atoms with van der Waals surface area (Å²) in [7, 11) is 0. The second-order valence-corrected chi connectivity index (χ2v) is 3.96. The van der Waals surface area contributed by atoms with Crippen molar-refractivity contribution in [2.24, 2.45) is 5.73 Å². The summed E-state index contributed by atoms with van der Waals surface area (Å²) in [4.78, 5) is 33.3. The summed E-state index contributed by atoms with van der Waals surface area (Å²) < 4.78 is 4.70. The van der Waals surface area contributed by atoms with E-state index in [0.29, 0.717) is 24.1 Å². The van der Waals surface area contributed by atoms with Crippen LogP contribution in [0.3, 0.4) is 0 Å². The van der Waals surface area contributed by atoms with Gasteiger partial charge in [0.05, 0.1) is 5.56 Å². The van der Waals surface area contributed by atoms with E-state index in [1.54, 1.807) is 12.1 Å². The molecule has 0 bridgehead atoms. The van der Waals surface area contributed by atoms with Crippen molar-refractivity contribution < 1.29 is 19.1 Å². The molecule has 1 aliphatic heterocycles. The summed E-state index contributed by atoms with van der Waals surface area (Å²) in [6, 6.07) is 4.83. The summed E-state index contributed by atoms with van der Waals surface area (Å²) in [6.07, 6.45) is 0.977. The number of fused-ring (bicyclic) bond motifs is 1. The van der Waals surface area contributed by atoms with E-state index in [4.69, 9.17) is 10.5 Å². The first-order valence-corrected chi connectivity index (χ1v) is 5.44. The number of rotatable bonds is 3. The molecule has 6 heteroatoms. The second-order valence-electron chi connectivity index (χ2n) is 3.96. The molecule has 2 amide bonds. The molecule has 0 fully saturated rings. The molecule has 0 spiro atoms. The maximum absolute atomic E-state index is 11.6. The third kappa shape index (κ3) is 2.65. The average molecular weight is 248 g/mol. The van der Waals surface area contributed by atoms with Crippen LogP contribution in [-0.4, -0.2) is 24.4 Å². The Kier molecular flexibility index (Phi) is 3.27. The number of primary amides is 1. The first-order valence-electron chi connectivity index (χ1n) is 5.44. The average Bonchev–Trinajstić information content (AvgIpc) is 2.35. The van der Waals surface area contributed by atoms with Gasteiger partial charge in [0, 0.05) is 12.1 Å². The quantitative estimate of drug-likeness (QED) is 0.747. The highest BCUT2D eigenvalue weighted by molar-refractivity contribution is 5.96. The smallest absolute Gasteiger partial charge is 0.338 e. The summed E-state index contributed by atoms with van der Waals surface area (Å²) >= 11 is 0. The molecule has 0 radical (unpaired) electrons. The summed E-state index contributed by atoms with van der Waals surface area (Å²) in [6.45, 7) is -0.438. The van der Waals surface area contributed by atoms with Crippen LogP contribution < -0.4 is 11.1 Å². The first kappa shape index (κ1) is 12.1. The summed E-state index contributed by atoms with van der Waals surface area (Å²) in [5, 5.41) is 2.71. The Bertz CT molecular complexity index is 525. The zero-order valence-corrected chi connectivity index (χ0v) is 9.56. The number of carbonyl (C=O) groups excluding carboxylic acids is 3. The van der Waals surface area contributed by atoms with Crippen molar-refractivity contribution in [1.82, 2.24) is 0 Å². The SMILES string of the molecule is NC(=O)COC(=O)c1ccc2c(c1)CCC(=O)N2. The molecular weight excluding hydrogens is 236 g/mol. The number of carbonyl (C=O) groups is 3. The maximum atomic E-state index is 11.6. The third-order valence-corrected chi connectivity index (χ3v) is 2.58. The Balaban J connectivity index is 2.13. The van der Waals surface area contributed by atoms with Crippen molar-refractivity contribution in [3.05, 3.63) is 29.3 Å². The zero-order valence-electron chi connectivity index (χ0n) is 9.56. The zero-order chi connectivity index (χ0) is 13.1. The van der Waals surface area contributed by atoms with Gasteiger partial charge >= 0.3 is 5.97 Å². The van der Waals surface area contributed by atoms with E-state index in [2.05, 4.69) is 5.32 Å². The van der Waals surface area contributed by atoms with Crippen LogP contribution in [0.1, 0.15) is 22.3 Å². The number of benzene rings is 1. The molecule has 6 nitrogen and oxygen atoms in total. The highest BCUT2D eigenvalue weighted by Crippen LogP contribution is 2.23. The molecule has 3 N–H and O–H groups in total. The summed E-state index contributed by atoms with van der Waals surface area (Å²) in [5.41, 5.74) is 6.80. The Morgan fingerprint density at radius 1 is 1.33 bits per heavy atom. The molecule has 1 aromatic rings. The van der Waals surface area contributed by atoms with E-state index in [9.17, 15) is 14.4 Å². The van der Waals surface area contributed by atoms with Gasteiger partial charge in [-0.25, -0.2) is 4.79 Å². The van der Waals surface area contributed by atoms with E-state index < -0.39 is 18.5 Å². The monoisotopic (exact) mass is 248 g/mol. The first-order chi connectivity index (χ1) is 8.56. The van der Waals surface area contributed by atoms with Gasteiger partial charge in [-0.3, -0.25) is 9.59 Å². The van der Waals surface area contributed by atoms with Gasteiger partial charge in [-0.05, 0) is 30.2 Å². The number of amides is 2. The Morgan fingerprint density at radius 2 is 2.11 bits per heavy atom. The molecular formula is C12H12N2O4. The molecule has 1 aromatic carbocycles. The van der Waals surface area contributed by atoms with Gasteiger partial charge < -0.3 is 15.8 Å². The van der Waals surface area contributed by atoms with E-state index in [0.717, 1.165) is 5.56 Å². The van der Waals surface area contributed by atoms with E-state index >= 15 is 0 Å². The highest BCUT2D eigenvalue weighted by Gasteiger charge is 2.17. The summed E-state index contributed by atoms with van der Waals surface area (Å²) in [5.74, 6) is -1.34. The lowest BCUT2D eigenvalue weighted by Gasteiger charge is -2.17. The molecule has 18 heavy (non-hydrogen) atoms. The molecule has 1 heterocycles. The molecule has 0 saturated carbocycles. The highest BCUT2D eigenvalue weighted by atomic mass is 16.5. The lowest BCUT2D eigenvalue weighted by Crippen LogP contribution is -2.22. The van der Waals surface area contributed by atoms with Gasteiger partial charge in [-0.15, -0.1) is 0 Å². The normalized spacial score (nSPS) is 13.4. The number of hydrogen-bond donors (Lipinski definition) is 2. The predicted octanol–water partition coefficient (Wildman–Crippen LogP) is 0.213. The van der Waals surface area contributed by atoms with E-state index in [1.165, 1.54) is 6.07 Å². The Hall–Kier alpha value is -2.37. The van der Waals surface area contributed by atoms with E-state index in [-0.39, 0.29) is 5.91 Å². The van der Waals surface area contributed by atoms with Crippen molar-refractivity contribution in [3.8, 4) is 0 Å². The van der Waals surface area contributed by atoms with Crippen LogP contribution in [0.5, 0.6) is 0 Å². The maximum Gasteiger partial charge on any atom is 0.338 e. The number of aryl methyl sites for hydroxylation is 1. The van der Waals surface area contributed by atoms with Crippen molar-refractivity contribution >= 4 is 23.5 Å². The van der Waals surface area contributed by atoms with Gasteiger partial charge in [-0.1, -0.05) is 0 Å². The predicted molar refractivity (Wildman–Crippen MR) is 62.9 cm³/mol. The number of esters is 1. The van der Waals surface area contributed by atoms with Crippen LogP contribution in [-0.2, 0) is 20.7 Å². The molecule has 0 atom stereocenters. The van der Waals surface area contributed by atoms with Gasteiger partial charge in [0.1, 0.15) is 0 Å². The largest absolute Gasteiger partial charge is 0.452 e. The van der Waals surface area contributed by atoms with Crippen molar-refractivity contribution in [3.63, 3.8) is 0 Å². The van der Waals surface area contributed by atoms with Crippen molar-refractivity contribution in [2.75, 3.05) is 11.9 Å². The lowest BCUT2D eigenvalue weighted by atomic mass is 10.0. The fraction of sp³-hybridized carbons (Fsp3) is 0.250. The topological polar surface area (TPSA) is 98.5 Å². The van der Waals surface area contributed by atoms with Gasteiger partial charge in [-0.2, -0.15) is 0 Å². The Labute approximate surface area is 103 Å². The van der Waals surface area contributed by atoms with E-state index in [1.807, 2.05) is 0 Å². The second kappa shape index (κ2) is 4.87. The van der Waals surface area contributed by atoms with Crippen LogP contribution in [0.15, 0.2) is 18.2 Å². The van der Waals surface area contributed by atoms with Crippen molar-refractivity contribution in [2.45, 2.75) is 12.8 Å². The van der Waals surface area contributed by atoms with Crippen LogP contribution in [0.2, 0.25) is 0 Å². The van der Waals surface area contributed by atoms with Crippen LogP contribution >= 0.6 is 0 Å². The third-order valence-electron chi connectivity index (χ3n) is 2.58. The molecule has 0 saturated heterocycles. The van der Waals surface area contributed by atoms with Gasteiger partial charge in [0.15, 0.2) is 6.61 Å². The number of nitrogens with two attached hydrogens (primary N) is 1. The minimum absolute atomic E-state index is 0.0356. The minimum Gasteiger partial charge on any atom is -0.452 e. The number of ether oxygens (including phenoxy) is 1. The standard InChI is InChI=1S/C12H12N2O4/c13-10(15)6-18-12(17)8-1-3-9-7(5-8)2-4-11(16)14-9/h1,3,5H,2,4,6H2,(H2,13,15)(H,14,16). The fourth-order valence-electron chi connectivity index (χ4n) is 1.73. The molecule has 0 aromatic heterocycles.